The van der Waals surface area contributed by atoms with Crippen molar-refractivity contribution in [1.82, 2.24) is 15.0 Å². The Balaban J connectivity index is 0.887. The maximum absolute atomic E-state index is 6.74. The number of hydrogen-bond acceptors (Lipinski definition) is 6. The first kappa shape index (κ1) is 34.2. The van der Waals surface area contributed by atoms with Crippen LogP contribution >= 0.6 is 0 Å². The smallest absolute Gasteiger partial charge is 0.178 e. The normalized spacial score (nSPS) is 13.2. The zero-order valence-electron chi connectivity index (χ0n) is 32.8. The van der Waals surface area contributed by atoms with Gasteiger partial charge in [0.25, 0.3) is 0 Å². The van der Waals surface area contributed by atoms with Crippen molar-refractivity contribution in [1.29, 1.82) is 0 Å². The molecule has 0 unspecified atom stereocenters. The lowest BCUT2D eigenvalue weighted by Crippen LogP contribution is -2.15. The summed E-state index contributed by atoms with van der Waals surface area (Å²) in [5.74, 6) is 4.64. The quantitative estimate of drug-likeness (QED) is 0.173. The average Bonchev–Trinajstić information content (AvgIpc) is 3.80. The van der Waals surface area contributed by atoms with Crippen LogP contribution in [0.3, 0.4) is 0 Å². The summed E-state index contributed by atoms with van der Waals surface area (Å²) in [6, 6.07) is 60.0. The van der Waals surface area contributed by atoms with E-state index in [0.29, 0.717) is 34.7 Å². The van der Waals surface area contributed by atoms with Gasteiger partial charge in [0.05, 0.1) is 0 Å². The predicted molar refractivity (Wildman–Crippen MR) is 238 cm³/mol. The summed E-state index contributed by atoms with van der Waals surface area (Å²) in [7, 11) is 0. The molecule has 0 saturated heterocycles. The molecular weight excluding hydrogens is 739 g/mol. The van der Waals surface area contributed by atoms with Crippen molar-refractivity contribution in [2.45, 2.75) is 19.3 Å². The molecular formula is C54H35N3O3. The highest BCUT2D eigenvalue weighted by atomic mass is 16.6. The van der Waals surface area contributed by atoms with E-state index in [0.717, 1.165) is 72.2 Å². The van der Waals surface area contributed by atoms with E-state index in [9.17, 15) is 0 Å². The molecule has 2 aromatic heterocycles. The molecule has 0 N–H and O–H groups in total. The number of ether oxygens (including phenoxy) is 2. The SMILES string of the molecule is CC1(C)c2ccccc2-c2c1ccc1c2Oc2cccc(-c3ccc(-c4nc(-c5ccccc5)nc(-c5ccc(-c6cccc7c6oc6ccccc67)cc5)n4)cc3)c2O1. The monoisotopic (exact) mass is 773 g/mol. The molecule has 0 amide bonds. The highest BCUT2D eigenvalue weighted by molar-refractivity contribution is 6.09. The lowest BCUT2D eigenvalue weighted by atomic mass is 9.82. The van der Waals surface area contributed by atoms with Crippen LogP contribution in [0.4, 0.5) is 0 Å². The molecule has 60 heavy (non-hydrogen) atoms. The summed E-state index contributed by atoms with van der Waals surface area (Å²) in [6.07, 6.45) is 0. The molecule has 0 bridgehead atoms. The first-order valence-electron chi connectivity index (χ1n) is 20.2. The second kappa shape index (κ2) is 13.1. The van der Waals surface area contributed by atoms with E-state index in [1.165, 1.54) is 16.7 Å². The van der Waals surface area contributed by atoms with E-state index >= 15 is 0 Å². The Labute approximate surface area is 346 Å². The van der Waals surface area contributed by atoms with Crippen LogP contribution in [-0.2, 0) is 5.41 Å². The van der Waals surface area contributed by atoms with E-state index in [1.54, 1.807) is 0 Å². The molecule has 6 heteroatoms. The zero-order valence-corrected chi connectivity index (χ0v) is 32.8. The van der Waals surface area contributed by atoms with Gasteiger partial charge in [0.2, 0.25) is 0 Å². The topological polar surface area (TPSA) is 70.3 Å². The van der Waals surface area contributed by atoms with Gasteiger partial charge >= 0.3 is 0 Å². The van der Waals surface area contributed by atoms with E-state index < -0.39 is 0 Å². The van der Waals surface area contributed by atoms with Gasteiger partial charge in [-0.2, -0.15) is 0 Å². The van der Waals surface area contributed by atoms with Crippen molar-refractivity contribution >= 4 is 21.9 Å². The fourth-order valence-electron chi connectivity index (χ4n) is 9.00. The third-order valence-electron chi connectivity index (χ3n) is 12.0. The van der Waals surface area contributed by atoms with E-state index in [4.69, 9.17) is 28.8 Å². The van der Waals surface area contributed by atoms with Crippen LogP contribution in [0.25, 0.3) is 89.5 Å². The number of aromatic nitrogens is 3. The van der Waals surface area contributed by atoms with Gasteiger partial charge in [-0.3, -0.25) is 0 Å². The molecule has 12 rings (SSSR count). The van der Waals surface area contributed by atoms with Crippen LogP contribution in [0, 0.1) is 0 Å². The second-order valence-corrected chi connectivity index (χ2v) is 15.9. The van der Waals surface area contributed by atoms with Crippen LogP contribution in [0.5, 0.6) is 23.0 Å². The minimum absolute atomic E-state index is 0.132. The summed E-state index contributed by atoms with van der Waals surface area (Å²) in [5, 5.41) is 2.21. The summed E-state index contributed by atoms with van der Waals surface area (Å²) >= 11 is 0. The van der Waals surface area contributed by atoms with Gasteiger partial charge in [-0.25, -0.2) is 15.0 Å². The molecule has 0 saturated carbocycles. The summed E-state index contributed by atoms with van der Waals surface area (Å²) in [5.41, 5.74) is 13.2. The van der Waals surface area contributed by atoms with Crippen molar-refractivity contribution in [3.63, 3.8) is 0 Å². The molecule has 1 aliphatic carbocycles. The van der Waals surface area contributed by atoms with Crippen LogP contribution in [0.15, 0.2) is 180 Å². The largest absolute Gasteiger partial charge is 0.455 e. The molecule has 2 aliphatic rings. The van der Waals surface area contributed by atoms with Gasteiger partial charge in [-0.1, -0.05) is 172 Å². The van der Waals surface area contributed by atoms with Crippen LogP contribution in [0.2, 0.25) is 0 Å². The third kappa shape index (κ3) is 5.31. The Morgan fingerprint density at radius 2 is 0.917 bits per heavy atom. The maximum atomic E-state index is 6.74. The molecule has 1 aliphatic heterocycles. The number of rotatable bonds is 5. The first-order chi connectivity index (χ1) is 29.5. The Kier molecular flexibility index (Phi) is 7.47. The molecule has 284 valence electrons. The Hall–Kier alpha value is -7.83. The molecule has 3 heterocycles. The number of furan rings is 1. The van der Waals surface area contributed by atoms with Gasteiger partial charge in [0, 0.05) is 49.6 Å². The van der Waals surface area contributed by atoms with Crippen molar-refractivity contribution < 1.29 is 13.9 Å². The van der Waals surface area contributed by atoms with Gasteiger partial charge < -0.3 is 13.9 Å². The van der Waals surface area contributed by atoms with E-state index in [2.05, 4.69) is 123 Å². The van der Waals surface area contributed by atoms with Gasteiger partial charge in [0.1, 0.15) is 11.2 Å². The maximum Gasteiger partial charge on any atom is 0.178 e. The number of nitrogens with zero attached hydrogens (tertiary/aromatic N) is 3. The standard InChI is InChI=1S/C54H35N3O3/c1-54(2)42-19-8-6-15-41(42)47-43(54)30-31-46-50(47)60-45-21-11-17-38(49(45)59-46)33-24-28-36(29-25-33)53-56-51(34-12-4-3-5-13-34)55-52(57-53)35-26-22-32(23-27-35)37-16-10-18-40-39-14-7-9-20-44(39)58-48(37)40/h3-31H,1-2H3. The van der Waals surface area contributed by atoms with Crippen molar-refractivity contribution in [2.24, 2.45) is 0 Å². The van der Waals surface area contributed by atoms with E-state index in [-0.39, 0.29) is 5.41 Å². The molecule has 0 radical (unpaired) electrons. The zero-order chi connectivity index (χ0) is 40.0. The molecule has 10 aromatic rings. The summed E-state index contributed by atoms with van der Waals surface area (Å²) in [4.78, 5) is 15.0. The molecule has 0 atom stereocenters. The Morgan fingerprint density at radius 3 is 1.67 bits per heavy atom. The first-order valence-corrected chi connectivity index (χ1v) is 20.2. The Morgan fingerprint density at radius 1 is 0.383 bits per heavy atom. The molecule has 0 fully saturated rings. The summed E-state index contributed by atoms with van der Waals surface area (Å²) < 4.78 is 19.8. The molecule has 6 nitrogen and oxygen atoms in total. The highest BCUT2D eigenvalue weighted by Gasteiger charge is 2.39. The number of benzene rings is 8. The number of hydrogen-bond donors (Lipinski definition) is 0. The fourth-order valence-corrected chi connectivity index (χ4v) is 9.00. The molecule has 0 spiro atoms. The highest BCUT2D eigenvalue weighted by Crippen LogP contribution is 2.59. The Bertz CT molecular complexity index is 3330. The fraction of sp³-hybridized carbons (Fsp3) is 0.0556. The average molecular weight is 774 g/mol. The van der Waals surface area contributed by atoms with Gasteiger partial charge in [-0.15, -0.1) is 0 Å². The molecule has 8 aromatic carbocycles. The van der Waals surface area contributed by atoms with Crippen molar-refractivity contribution in [3.8, 4) is 90.5 Å². The summed E-state index contributed by atoms with van der Waals surface area (Å²) in [6.45, 7) is 4.54. The van der Waals surface area contributed by atoms with Crippen molar-refractivity contribution in [3.05, 3.63) is 187 Å². The predicted octanol–water partition coefficient (Wildman–Crippen LogP) is 14.3. The van der Waals surface area contributed by atoms with Crippen molar-refractivity contribution in [2.75, 3.05) is 0 Å². The third-order valence-corrected chi connectivity index (χ3v) is 12.0. The minimum Gasteiger partial charge on any atom is -0.455 e. The van der Waals surface area contributed by atoms with Crippen LogP contribution in [-0.4, -0.2) is 15.0 Å². The van der Waals surface area contributed by atoms with Gasteiger partial charge in [-0.05, 0) is 46.0 Å². The van der Waals surface area contributed by atoms with Crippen LogP contribution < -0.4 is 9.47 Å². The van der Waals surface area contributed by atoms with Gasteiger partial charge in [0.15, 0.2) is 40.5 Å². The number of para-hydroxylation sites is 3. The minimum atomic E-state index is -0.132. The lowest BCUT2D eigenvalue weighted by molar-refractivity contribution is 0.361. The van der Waals surface area contributed by atoms with E-state index in [1.807, 2.05) is 66.7 Å². The second-order valence-electron chi connectivity index (χ2n) is 15.9. The lowest BCUT2D eigenvalue weighted by Gasteiger charge is -2.26. The number of fused-ring (bicyclic) bond motifs is 9. The van der Waals surface area contributed by atoms with Crippen LogP contribution in [0.1, 0.15) is 25.0 Å².